The molecule has 0 unspecified atom stereocenters. The van der Waals surface area contributed by atoms with Gasteiger partial charge in [0, 0.05) is 22.8 Å². The summed E-state index contributed by atoms with van der Waals surface area (Å²) in [5.74, 6) is 0.433. The van der Waals surface area contributed by atoms with E-state index >= 15 is 0 Å². The van der Waals surface area contributed by atoms with Gasteiger partial charge in [-0.2, -0.15) is 9.36 Å². The fourth-order valence-corrected chi connectivity index (χ4v) is 2.25. The third-order valence-corrected chi connectivity index (χ3v) is 3.18. The summed E-state index contributed by atoms with van der Waals surface area (Å²) in [6, 6.07) is 15.9. The van der Waals surface area contributed by atoms with Crippen molar-refractivity contribution in [3.63, 3.8) is 0 Å². The second-order valence-corrected chi connectivity index (χ2v) is 4.67. The molecule has 1 aromatic heterocycles. The third-order valence-electron chi connectivity index (χ3n) is 2.55. The summed E-state index contributed by atoms with van der Waals surface area (Å²) in [7, 11) is 0. The van der Waals surface area contributed by atoms with Gasteiger partial charge in [-0.25, -0.2) is 4.39 Å². The topological polar surface area (TPSA) is 37.8 Å². The maximum atomic E-state index is 12.8. The molecule has 0 aliphatic rings. The van der Waals surface area contributed by atoms with Crippen molar-refractivity contribution < 1.29 is 4.39 Å². The molecule has 0 bridgehead atoms. The highest BCUT2D eigenvalue weighted by atomic mass is 32.1. The van der Waals surface area contributed by atoms with Gasteiger partial charge in [-0.1, -0.05) is 30.3 Å². The number of nitrogens with one attached hydrogen (secondary N) is 1. The van der Waals surface area contributed by atoms with Crippen LogP contribution in [0.25, 0.3) is 11.4 Å². The van der Waals surface area contributed by atoms with Crippen LogP contribution in [0.4, 0.5) is 15.2 Å². The quantitative estimate of drug-likeness (QED) is 0.779. The first-order chi connectivity index (χ1) is 9.31. The first-order valence-electron chi connectivity index (χ1n) is 5.73. The molecule has 0 saturated heterocycles. The van der Waals surface area contributed by atoms with Gasteiger partial charge in [0.1, 0.15) is 5.82 Å². The van der Waals surface area contributed by atoms with Crippen molar-refractivity contribution in [3.8, 4) is 11.4 Å². The Hall–Kier alpha value is -2.27. The molecule has 2 aromatic carbocycles. The van der Waals surface area contributed by atoms with Gasteiger partial charge in [0.25, 0.3) is 0 Å². The fraction of sp³-hybridized carbons (Fsp3) is 0. The zero-order chi connectivity index (χ0) is 13.1. The van der Waals surface area contributed by atoms with E-state index in [-0.39, 0.29) is 5.82 Å². The summed E-state index contributed by atoms with van der Waals surface area (Å²) >= 11 is 1.28. The van der Waals surface area contributed by atoms with Crippen molar-refractivity contribution in [1.29, 1.82) is 0 Å². The Bertz CT molecular complexity index is 665. The van der Waals surface area contributed by atoms with E-state index in [2.05, 4.69) is 14.7 Å². The number of rotatable bonds is 3. The van der Waals surface area contributed by atoms with Crippen molar-refractivity contribution in [1.82, 2.24) is 9.36 Å². The maximum absolute atomic E-state index is 12.8. The summed E-state index contributed by atoms with van der Waals surface area (Å²) in [5, 5.41) is 3.79. The van der Waals surface area contributed by atoms with Crippen molar-refractivity contribution in [2.24, 2.45) is 0 Å². The summed E-state index contributed by atoms with van der Waals surface area (Å²) < 4.78 is 17.1. The predicted octanol–water partition coefficient (Wildman–Crippen LogP) is 4.09. The average Bonchev–Trinajstić information content (AvgIpc) is 2.91. The molecule has 1 heterocycles. The lowest BCUT2D eigenvalue weighted by atomic mass is 10.2. The molecule has 0 atom stereocenters. The molecule has 0 saturated carbocycles. The lowest BCUT2D eigenvalue weighted by molar-refractivity contribution is 0.628. The van der Waals surface area contributed by atoms with Gasteiger partial charge in [0.05, 0.1) is 0 Å². The van der Waals surface area contributed by atoms with Crippen LogP contribution >= 0.6 is 11.5 Å². The van der Waals surface area contributed by atoms with Gasteiger partial charge in [-0.15, -0.1) is 0 Å². The fourth-order valence-electron chi connectivity index (χ4n) is 1.64. The summed E-state index contributed by atoms with van der Waals surface area (Å²) in [6.45, 7) is 0. The van der Waals surface area contributed by atoms with Crippen molar-refractivity contribution in [2.45, 2.75) is 0 Å². The summed E-state index contributed by atoms with van der Waals surface area (Å²) in [6.07, 6.45) is 0. The van der Waals surface area contributed by atoms with Crippen molar-refractivity contribution >= 4 is 22.4 Å². The highest BCUT2D eigenvalue weighted by Gasteiger charge is 2.06. The van der Waals surface area contributed by atoms with Gasteiger partial charge in [0.15, 0.2) is 5.82 Å². The second-order valence-electron chi connectivity index (χ2n) is 3.92. The van der Waals surface area contributed by atoms with Crippen LogP contribution in [0.5, 0.6) is 0 Å². The first kappa shape index (κ1) is 11.8. The molecule has 0 amide bonds. The summed E-state index contributed by atoms with van der Waals surface area (Å²) in [4.78, 5) is 4.40. The Morgan fingerprint density at radius 2 is 1.68 bits per heavy atom. The summed E-state index contributed by atoms with van der Waals surface area (Å²) in [5.41, 5.74) is 1.77. The smallest absolute Gasteiger partial charge is 0.207 e. The molecule has 3 aromatic rings. The number of hydrogen-bond acceptors (Lipinski definition) is 4. The predicted molar refractivity (Wildman–Crippen MR) is 75.0 cm³/mol. The molecule has 0 radical (unpaired) electrons. The van der Waals surface area contributed by atoms with Crippen molar-refractivity contribution in [3.05, 3.63) is 60.4 Å². The zero-order valence-electron chi connectivity index (χ0n) is 9.88. The number of benzene rings is 2. The van der Waals surface area contributed by atoms with Crippen LogP contribution in [0, 0.1) is 5.82 Å². The Kier molecular flexibility index (Phi) is 3.20. The number of halogens is 1. The molecule has 5 heteroatoms. The number of hydrogen-bond donors (Lipinski definition) is 1. The van der Waals surface area contributed by atoms with E-state index in [1.54, 1.807) is 12.1 Å². The molecule has 0 aliphatic carbocycles. The van der Waals surface area contributed by atoms with E-state index in [0.29, 0.717) is 11.0 Å². The highest BCUT2D eigenvalue weighted by molar-refractivity contribution is 7.09. The molecular formula is C14H10FN3S. The molecule has 0 spiro atoms. The van der Waals surface area contributed by atoms with Gasteiger partial charge < -0.3 is 5.32 Å². The van der Waals surface area contributed by atoms with Crippen LogP contribution in [-0.2, 0) is 0 Å². The minimum absolute atomic E-state index is 0.257. The van der Waals surface area contributed by atoms with Gasteiger partial charge in [-0.05, 0) is 24.3 Å². The van der Waals surface area contributed by atoms with Crippen molar-refractivity contribution in [2.75, 3.05) is 5.32 Å². The maximum Gasteiger partial charge on any atom is 0.207 e. The molecule has 94 valence electrons. The molecule has 0 aliphatic heterocycles. The Morgan fingerprint density at radius 3 is 2.42 bits per heavy atom. The normalized spacial score (nSPS) is 10.4. The first-order valence-corrected chi connectivity index (χ1v) is 6.50. The molecule has 3 rings (SSSR count). The lowest BCUT2D eigenvalue weighted by Crippen LogP contribution is -1.89. The second kappa shape index (κ2) is 5.16. The minimum atomic E-state index is -0.257. The monoisotopic (exact) mass is 271 g/mol. The standard InChI is InChI=1S/C14H10FN3S/c15-11-6-8-12(9-7-11)16-14-17-13(18-19-14)10-4-2-1-3-5-10/h1-9H,(H,16,17,18). The molecule has 0 fully saturated rings. The van der Waals surface area contributed by atoms with Crippen LogP contribution in [-0.4, -0.2) is 9.36 Å². The molecule has 19 heavy (non-hydrogen) atoms. The Balaban J connectivity index is 1.80. The SMILES string of the molecule is Fc1ccc(Nc2nc(-c3ccccc3)ns2)cc1. The van der Waals surface area contributed by atoms with E-state index in [0.717, 1.165) is 11.3 Å². The third kappa shape index (κ3) is 2.77. The van der Waals surface area contributed by atoms with E-state index < -0.39 is 0 Å². The van der Waals surface area contributed by atoms with Gasteiger partial charge in [-0.3, -0.25) is 0 Å². The van der Waals surface area contributed by atoms with Gasteiger partial charge >= 0.3 is 0 Å². The Morgan fingerprint density at radius 1 is 0.947 bits per heavy atom. The highest BCUT2D eigenvalue weighted by Crippen LogP contribution is 2.23. The largest absolute Gasteiger partial charge is 0.330 e. The van der Waals surface area contributed by atoms with Crippen LogP contribution in [0.1, 0.15) is 0 Å². The van der Waals surface area contributed by atoms with E-state index in [4.69, 9.17) is 0 Å². The van der Waals surface area contributed by atoms with E-state index in [1.807, 2.05) is 30.3 Å². The van der Waals surface area contributed by atoms with Gasteiger partial charge in [0.2, 0.25) is 5.13 Å². The van der Waals surface area contributed by atoms with Crippen LogP contribution in [0.15, 0.2) is 54.6 Å². The lowest BCUT2D eigenvalue weighted by Gasteiger charge is -2.00. The van der Waals surface area contributed by atoms with Crippen LogP contribution in [0.3, 0.4) is 0 Å². The Labute approximate surface area is 113 Å². The minimum Gasteiger partial charge on any atom is -0.330 e. The average molecular weight is 271 g/mol. The zero-order valence-corrected chi connectivity index (χ0v) is 10.7. The molecule has 1 N–H and O–H groups in total. The molecule has 3 nitrogen and oxygen atoms in total. The van der Waals surface area contributed by atoms with E-state index in [9.17, 15) is 4.39 Å². The number of aromatic nitrogens is 2. The van der Waals surface area contributed by atoms with Crippen LogP contribution in [0.2, 0.25) is 0 Å². The van der Waals surface area contributed by atoms with Crippen LogP contribution < -0.4 is 5.32 Å². The molecular weight excluding hydrogens is 261 g/mol. The van der Waals surface area contributed by atoms with E-state index in [1.165, 1.54) is 23.7 Å². The number of nitrogens with zero attached hydrogens (tertiary/aromatic N) is 2. The number of anilines is 2.